The van der Waals surface area contributed by atoms with E-state index in [9.17, 15) is 4.79 Å². The topological polar surface area (TPSA) is 46.5 Å². The molecule has 2 aromatic rings. The second-order valence-electron chi connectivity index (χ2n) is 8.14. The molecule has 0 radical (unpaired) electrons. The molecule has 142 valence electrons. The van der Waals surface area contributed by atoms with Crippen molar-refractivity contribution < 1.29 is 14.6 Å². The van der Waals surface area contributed by atoms with E-state index in [0.29, 0.717) is 17.9 Å². The van der Waals surface area contributed by atoms with E-state index in [-0.39, 0.29) is 5.92 Å². The number of hydrogen-bond donors (Lipinski definition) is 1. The maximum absolute atomic E-state index is 10.9. The second kappa shape index (κ2) is 8.16. The Morgan fingerprint density at radius 3 is 2.48 bits per heavy atom. The summed E-state index contributed by atoms with van der Waals surface area (Å²) in [5.41, 5.74) is 2.73. The zero-order valence-electron chi connectivity index (χ0n) is 15.7. The van der Waals surface area contributed by atoms with Gasteiger partial charge in [0.15, 0.2) is 0 Å². The first-order valence-electron chi connectivity index (χ1n) is 10.2. The number of carbonyl (C=O) groups is 1. The normalized spacial score (nSPS) is 27.1. The molecule has 27 heavy (non-hydrogen) atoms. The van der Waals surface area contributed by atoms with Gasteiger partial charge in [-0.05, 0) is 80.0 Å². The van der Waals surface area contributed by atoms with Crippen LogP contribution >= 0.6 is 0 Å². The van der Waals surface area contributed by atoms with Gasteiger partial charge in [-0.2, -0.15) is 0 Å². The Bertz CT molecular complexity index is 753. The van der Waals surface area contributed by atoms with Gasteiger partial charge in [-0.1, -0.05) is 42.5 Å². The van der Waals surface area contributed by atoms with Crippen molar-refractivity contribution in [2.75, 3.05) is 0 Å². The van der Waals surface area contributed by atoms with Crippen LogP contribution < -0.4 is 4.74 Å². The van der Waals surface area contributed by atoms with Crippen LogP contribution in [0.1, 0.15) is 55.6 Å². The zero-order chi connectivity index (χ0) is 18.6. The number of ether oxygens (including phenoxy) is 1. The number of para-hydroxylation sites is 1. The van der Waals surface area contributed by atoms with Gasteiger partial charge in [0.25, 0.3) is 0 Å². The van der Waals surface area contributed by atoms with E-state index >= 15 is 0 Å². The van der Waals surface area contributed by atoms with E-state index in [1.807, 2.05) is 30.3 Å². The predicted octanol–water partition coefficient (Wildman–Crippen LogP) is 5.45. The fraction of sp³-hybridized carbons (Fsp3) is 0.458. The minimum atomic E-state index is -0.625. The van der Waals surface area contributed by atoms with Crippen molar-refractivity contribution in [2.24, 2.45) is 11.8 Å². The average molecular weight is 364 g/mol. The molecule has 2 aliphatic rings. The van der Waals surface area contributed by atoms with Gasteiger partial charge < -0.3 is 9.84 Å². The van der Waals surface area contributed by atoms with Crippen molar-refractivity contribution in [3.8, 4) is 5.75 Å². The molecule has 4 atom stereocenters. The summed E-state index contributed by atoms with van der Waals surface area (Å²) < 4.78 is 6.18. The van der Waals surface area contributed by atoms with Crippen LogP contribution in [0.25, 0.3) is 0 Å². The van der Waals surface area contributed by atoms with Gasteiger partial charge in [-0.3, -0.25) is 4.79 Å². The highest BCUT2D eigenvalue weighted by atomic mass is 16.5. The molecule has 2 saturated carbocycles. The first-order chi connectivity index (χ1) is 13.2. The smallest absolute Gasteiger partial charge is 0.306 e. The molecule has 0 spiro atoms. The van der Waals surface area contributed by atoms with Crippen molar-refractivity contribution in [1.82, 2.24) is 0 Å². The minimum Gasteiger partial charge on any atom is -0.490 e. The average Bonchev–Trinajstić information content (AvgIpc) is 3.48. The van der Waals surface area contributed by atoms with Gasteiger partial charge in [0.1, 0.15) is 5.75 Å². The molecule has 0 saturated heterocycles. The number of rotatable bonds is 7. The molecule has 0 amide bonds. The molecular weight excluding hydrogens is 336 g/mol. The lowest BCUT2D eigenvalue weighted by atomic mass is 9.82. The van der Waals surface area contributed by atoms with Crippen LogP contribution in [-0.4, -0.2) is 17.2 Å². The van der Waals surface area contributed by atoms with Crippen LogP contribution in [0.15, 0.2) is 54.6 Å². The van der Waals surface area contributed by atoms with Gasteiger partial charge in [0, 0.05) is 0 Å². The molecule has 0 bridgehead atoms. The maximum Gasteiger partial charge on any atom is 0.306 e. The van der Waals surface area contributed by atoms with Crippen LogP contribution in [0.5, 0.6) is 5.75 Å². The number of aryl methyl sites for hydroxylation is 1. The van der Waals surface area contributed by atoms with Crippen LogP contribution in [0.2, 0.25) is 0 Å². The molecule has 2 fully saturated rings. The van der Waals surface area contributed by atoms with Crippen molar-refractivity contribution in [1.29, 1.82) is 0 Å². The lowest BCUT2D eigenvalue weighted by molar-refractivity contribution is -0.138. The number of benzene rings is 2. The number of aliphatic carboxylic acids is 1. The van der Waals surface area contributed by atoms with E-state index in [2.05, 4.69) is 24.3 Å². The lowest BCUT2D eigenvalue weighted by Crippen LogP contribution is -2.24. The predicted molar refractivity (Wildman–Crippen MR) is 106 cm³/mol. The SMILES string of the molecule is O=C(O)[C@H]1C[C@@H]1CCc1ccc([C@@H]2CCC[C@@H](Oc3ccccc3)C2)cc1. The molecule has 1 N–H and O–H groups in total. The molecule has 3 nitrogen and oxygen atoms in total. The van der Waals surface area contributed by atoms with Crippen LogP contribution in [0.3, 0.4) is 0 Å². The van der Waals surface area contributed by atoms with E-state index in [0.717, 1.165) is 37.9 Å². The molecule has 0 aliphatic heterocycles. The van der Waals surface area contributed by atoms with E-state index in [4.69, 9.17) is 9.84 Å². The highest BCUT2D eigenvalue weighted by Gasteiger charge is 2.42. The van der Waals surface area contributed by atoms with Crippen molar-refractivity contribution in [3.05, 3.63) is 65.7 Å². The molecule has 2 aliphatic carbocycles. The van der Waals surface area contributed by atoms with Crippen molar-refractivity contribution in [2.45, 2.75) is 57.0 Å². The number of carboxylic acid groups (broad SMARTS) is 1. The first kappa shape index (κ1) is 18.1. The van der Waals surface area contributed by atoms with Crippen LogP contribution in [-0.2, 0) is 11.2 Å². The van der Waals surface area contributed by atoms with Gasteiger partial charge in [-0.25, -0.2) is 0 Å². The third-order valence-corrected chi connectivity index (χ3v) is 6.17. The third kappa shape index (κ3) is 4.71. The molecular formula is C24H28O3. The summed E-state index contributed by atoms with van der Waals surface area (Å²) >= 11 is 0. The minimum absolute atomic E-state index is 0.0898. The molecule has 3 heteroatoms. The summed E-state index contributed by atoms with van der Waals surface area (Å²) in [5, 5.41) is 9.01. The largest absolute Gasteiger partial charge is 0.490 e. The van der Waals surface area contributed by atoms with Crippen LogP contribution in [0.4, 0.5) is 0 Å². The fourth-order valence-corrected chi connectivity index (χ4v) is 4.42. The van der Waals surface area contributed by atoms with Gasteiger partial charge in [-0.15, -0.1) is 0 Å². The second-order valence-corrected chi connectivity index (χ2v) is 8.14. The Morgan fingerprint density at radius 2 is 1.78 bits per heavy atom. The molecule has 0 aromatic heterocycles. The van der Waals surface area contributed by atoms with Crippen LogP contribution in [0, 0.1) is 11.8 Å². The van der Waals surface area contributed by atoms with Gasteiger partial charge in [0.05, 0.1) is 12.0 Å². The Kier molecular flexibility index (Phi) is 5.47. The fourth-order valence-electron chi connectivity index (χ4n) is 4.42. The summed E-state index contributed by atoms with van der Waals surface area (Å²) in [6.07, 6.45) is 7.79. The summed E-state index contributed by atoms with van der Waals surface area (Å²) in [6.45, 7) is 0. The van der Waals surface area contributed by atoms with Crippen molar-refractivity contribution in [3.63, 3.8) is 0 Å². The summed E-state index contributed by atoms with van der Waals surface area (Å²) in [7, 11) is 0. The molecule has 0 heterocycles. The highest BCUT2D eigenvalue weighted by molar-refractivity contribution is 5.73. The number of carboxylic acids is 1. The van der Waals surface area contributed by atoms with E-state index in [1.54, 1.807) is 0 Å². The molecule has 0 unspecified atom stereocenters. The lowest BCUT2D eigenvalue weighted by Gasteiger charge is -2.30. The van der Waals surface area contributed by atoms with E-state index in [1.165, 1.54) is 24.0 Å². The Labute approximate surface area is 161 Å². The van der Waals surface area contributed by atoms with Gasteiger partial charge >= 0.3 is 5.97 Å². The maximum atomic E-state index is 10.9. The van der Waals surface area contributed by atoms with E-state index < -0.39 is 5.97 Å². The quantitative estimate of drug-likeness (QED) is 0.711. The molecule has 4 rings (SSSR count). The Balaban J connectivity index is 1.29. The zero-order valence-corrected chi connectivity index (χ0v) is 15.7. The summed E-state index contributed by atoms with van der Waals surface area (Å²) in [4.78, 5) is 10.9. The standard InChI is InChI=1S/C24H28O3/c25-24(26)23-16-20(23)14-11-17-9-12-18(13-10-17)19-5-4-8-22(15-19)27-21-6-2-1-3-7-21/h1-3,6-7,9-10,12-13,19-20,22-23H,4-5,8,11,14-16H2,(H,25,26)/t19-,20+,22-,23+/m1/s1. The number of hydrogen-bond acceptors (Lipinski definition) is 2. The summed E-state index contributed by atoms with van der Waals surface area (Å²) in [5.74, 6) is 1.21. The monoisotopic (exact) mass is 364 g/mol. The molecule has 2 aromatic carbocycles. The Hall–Kier alpha value is -2.29. The van der Waals surface area contributed by atoms with Crippen molar-refractivity contribution >= 4 is 5.97 Å². The van der Waals surface area contributed by atoms with Gasteiger partial charge in [0.2, 0.25) is 0 Å². The third-order valence-electron chi connectivity index (χ3n) is 6.17. The summed E-state index contributed by atoms with van der Waals surface area (Å²) in [6, 6.07) is 19.1. The first-order valence-corrected chi connectivity index (χ1v) is 10.2. The Morgan fingerprint density at radius 1 is 1.00 bits per heavy atom. The highest BCUT2D eigenvalue weighted by Crippen LogP contribution is 2.42.